The van der Waals surface area contributed by atoms with E-state index in [4.69, 9.17) is 10.5 Å². The monoisotopic (exact) mass is 446 g/mol. The normalized spacial score (nSPS) is 10.5. The van der Waals surface area contributed by atoms with Gasteiger partial charge in [0, 0.05) is 13.3 Å². The molecule has 1 aromatic heterocycles. The minimum atomic E-state index is 0.136. The molecule has 122 valence electrons. The Hall–Kier alpha value is -1.63. The molecule has 0 unspecified atom stereocenters. The maximum Gasteiger partial charge on any atom is 0.131 e. The van der Waals surface area contributed by atoms with E-state index in [-0.39, 0.29) is 5.57 Å². The van der Waals surface area contributed by atoms with Crippen LogP contribution in [-0.4, -0.2) is 0 Å². The zero-order valence-electron chi connectivity index (χ0n) is 14.2. The third-order valence-electron chi connectivity index (χ3n) is 3.81. The van der Waals surface area contributed by atoms with Crippen LogP contribution in [0.15, 0.2) is 29.8 Å². The molecule has 1 aromatic carbocycles. The molecule has 0 fully saturated rings. The highest BCUT2D eigenvalue weighted by molar-refractivity contribution is 14.1. The number of rotatable bonds is 4. The SMILES string of the molecule is CC(C)c1cc(-c2ccc(C=C(C#N)C#N)s2)cc(C(C)C)c1I. The Bertz CT molecular complexity index is 815. The molecule has 0 atom stereocenters. The van der Waals surface area contributed by atoms with E-state index in [0.717, 1.165) is 9.75 Å². The van der Waals surface area contributed by atoms with Gasteiger partial charge in [-0.1, -0.05) is 27.7 Å². The standard InChI is InChI=1S/C20H19IN2S/c1-12(2)17-8-15(9-18(13(3)4)20(17)21)19-6-5-16(24-19)7-14(10-22)11-23/h5-9,12-13H,1-4H3. The van der Waals surface area contributed by atoms with Crippen LogP contribution in [0.3, 0.4) is 0 Å². The molecular formula is C20H19IN2S. The largest absolute Gasteiger partial charge is 0.192 e. The lowest BCUT2D eigenvalue weighted by atomic mass is 9.93. The molecule has 0 saturated carbocycles. The van der Waals surface area contributed by atoms with Gasteiger partial charge in [0.05, 0.1) is 0 Å². The molecule has 0 spiro atoms. The fraction of sp³-hybridized carbons (Fsp3) is 0.300. The smallest absolute Gasteiger partial charge is 0.131 e. The molecule has 0 radical (unpaired) electrons. The summed E-state index contributed by atoms with van der Waals surface area (Å²) in [5, 5.41) is 17.8. The Morgan fingerprint density at radius 3 is 2.04 bits per heavy atom. The summed E-state index contributed by atoms with van der Waals surface area (Å²) in [7, 11) is 0. The highest BCUT2D eigenvalue weighted by atomic mass is 127. The Balaban J connectivity index is 2.54. The van der Waals surface area contributed by atoms with Crippen LogP contribution in [0.2, 0.25) is 0 Å². The number of benzene rings is 1. The van der Waals surface area contributed by atoms with E-state index in [2.05, 4.69) is 68.5 Å². The predicted molar refractivity (Wildman–Crippen MR) is 110 cm³/mol. The second-order valence-corrected chi connectivity index (χ2v) is 8.46. The maximum absolute atomic E-state index is 8.90. The predicted octanol–water partition coefficient (Wildman–Crippen LogP) is 6.70. The number of thiophene rings is 1. The average Bonchev–Trinajstić information content (AvgIpc) is 3.00. The van der Waals surface area contributed by atoms with Crippen molar-refractivity contribution in [3.05, 3.63) is 49.4 Å². The number of nitriles is 2. The van der Waals surface area contributed by atoms with E-state index in [0.29, 0.717) is 11.8 Å². The summed E-state index contributed by atoms with van der Waals surface area (Å²) in [5.41, 5.74) is 4.09. The molecule has 24 heavy (non-hydrogen) atoms. The zero-order chi connectivity index (χ0) is 17.9. The van der Waals surface area contributed by atoms with Crippen molar-refractivity contribution >= 4 is 40.0 Å². The Kier molecular flexibility index (Phi) is 6.21. The van der Waals surface area contributed by atoms with Crippen molar-refractivity contribution in [3.8, 4) is 22.6 Å². The van der Waals surface area contributed by atoms with E-state index in [9.17, 15) is 0 Å². The molecule has 2 nitrogen and oxygen atoms in total. The van der Waals surface area contributed by atoms with E-state index in [1.807, 2.05) is 18.2 Å². The molecule has 0 aliphatic rings. The minimum absolute atomic E-state index is 0.136. The van der Waals surface area contributed by atoms with E-state index < -0.39 is 0 Å². The van der Waals surface area contributed by atoms with Gasteiger partial charge in [0.15, 0.2) is 0 Å². The van der Waals surface area contributed by atoms with Crippen molar-refractivity contribution in [2.24, 2.45) is 0 Å². The van der Waals surface area contributed by atoms with Crippen LogP contribution in [0, 0.1) is 26.2 Å². The lowest BCUT2D eigenvalue weighted by Crippen LogP contribution is -2.00. The average molecular weight is 446 g/mol. The van der Waals surface area contributed by atoms with Gasteiger partial charge >= 0.3 is 0 Å². The van der Waals surface area contributed by atoms with Gasteiger partial charge < -0.3 is 0 Å². The maximum atomic E-state index is 8.90. The number of allylic oxidation sites excluding steroid dienone is 1. The van der Waals surface area contributed by atoms with Gasteiger partial charge in [-0.05, 0) is 81.5 Å². The number of hydrogen-bond acceptors (Lipinski definition) is 3. The molecule has 0 N–H and O–H groups in total. The van der Waals surface area contributed by atoms with Crippen molar-refractivity contribution in [2.75, 3.05) is 0 Å². The van der Waals surface area contributed by atoms with Crippen LogP contribution >= 0.6 is 33.9 Å². The Morgan fingerprint density at radius 1 is 1.04 bits per heavy atom. The molecule has 0 aliphatic heterocycles. The minimum Gasteiger partial charge on any atom is -0.192 e. The van der Waals surface area contributed by atoms with Crippen molar-refractivity contribution < 1.29 is 0 Å². The van der Waals surface area contributed by atoms with E-state index in [1.165, 1.54) is 20.3 Å². The third-order valence-corrected chi connectivity index (χ3v) is 6.14. The topological polar surface area (TPSA) is 47.6 Å². The summed E-state index contributed by atoms with van der Waals surface area (Å²) in [4.78, 5) is 2.09. The number of halogens is 1. The van der Waals surface area contributed by atoms with Gasteiger partial charge in [-0.25, -0.2) is 0 Å². The summed E-state index contributed by atoms with van der Waals surface area (Å²) in [6, 6.07) is 12.4. The second kappa shape index (κ2) is 7.96. The summed E-state index contributed by atoms with van der Waals surface area (Å²) < 4.78 is 1.36. The first-order valence-electron chi connectivity index (χ1n) is 7.82. The summed E-state index contributed by atoms with van der Waals surface area (Å²) in [6.45, 7) is 8.89. The molecule has 2 rings (SSSR count). The molecule has 0 aliphatic carbocycles. The van der Waals surface area contributed by atoms with Crippen LogP contribution < -0.4 is 0 Å². The molecule has 2 aromatic rings. The van der Waals surface area contributed by atoms with Crippen molar-refractivity contribution in [1.29, 1.82) is 10.5 Å². The quantitative estimate of drug-likeness (QED) is 0.388. The van der Waals surface area contributed by atoms with Gasteiger partial charge in [-0.15, -0.1) is 11.3 Å². The van der Waals surface area contributed by atoms with Crippen molar-refractivity contribution in [1.82, 2.24) is 0 Å². The highest BCUT2D eigenvalue weighted by Crippen LogP contribution is 2.37. The Morgan fingerprint density at radius 2 is 1.58 bits per heavy atom. The fourth-order valence-corrected chi connectivity index (χ4v) is 4.97. The molecule has 0 saturated heterocycles. The van der Waals surface area contributed by atoms with Crippen LogP contribution in [0.4, 0.5) is 0 Å². The Labute approximate surface area is 161 Å². The summed E-state index contributed by atoms with van der Waals surface area (Å²) in [6.07, 6.45) is 1.65. The molecule has 4 heteroatoms. The third kappa shape index (κ3) is 4.06. The first-order valence-corrected chi connectivity index (χ1v) is 9.72. The lowest BCUT2D eigenvalue weighted by Gasteiger charge is -2.17. The van der Waals surface area contributed by atoms with Gasteiger partial charge in [0.25, 0.3) is 0 Å². The van der Waals surface area contributed by atoms with Gasteiger partial charge in [0.2, 0.25) is 0 Å². The second-order valence-electron chi connectivity index (χ2n) is 6.26. The molecule has 1 heterocycles. The van der Waals surface area contributed by atoms with Crippen LogP contribution in [-0.2, 0) is 0 Å². The number of nitrogens with zero attached hydrogens (tertiary/aromatic N) is 2. The van der Waals surface area contributed by atoms with Crippen molar-refractivity contribution in [3.63, 3.8) is 0 Å². The van der Waals surface area contributed by atoms with Gasteiger partial charge in [-0.2, -0.15) is 10.5 Å². The number of hydrogen-bond donors (Lipinski definition) is 0. The van der Waals surface area contributed by atoms with Crippen LogP contribution in [0.1, 0.15) is 55.5 Å². The molecule has 0 bridgehead atoms. The summed E-state index contributed by atoms with van der Waals surface area (Å²) in [5.74, 6) is 0.940. The first kappa shape index (κ1) is 18.7. The lowest BCUT2D eigenvalue weighted by molar-refractivity contribution is 0.823. The highest BCUT2D eigenvalue weighted by Gasteiger charge is 2.15. The first-order chi connectivity index (χ1) is 11.4. The summed E-state index contributed by atoms with van der Waals surface area (Å²) >= 11 is 4.07. The molecule has 0 amide bonds. The fourth-order valence-electron chi connectivity index (χ4n) is 2.47. The van der Waals surface area contributed by atoms with Gasteiger partial charge in [0.1, 0.15) is 17.7 Å². The van der Waals surface area contributed by atoms with Crippen molar-refractivity contribution in [2.45, 2.75) is 39.5 Å². The molecular weight excluding hydrogens is 427 g/mol. The van der Waals surface area contributed by atoms with Gasteiger partial charge in [-0.3, -0.25) is 0 Å². The zero-order valence-corrected chi connectivity index (χ0v) is 17.2. The van der Waals surface area contributed by atoms with E-state index >= 15 is 0 Å². The van der Waals surface area contributed by atoms with Crippen LogP contribution in [0.25, 0.3) is 16.5 Å². The van der Waals surface area contributed by atoms with E-state index in [1.54, 1.807) is 17.4 Å². The van der Waals surface area contributed by atoms with Crippen LogP contribution in [0.5, 0.6) is 0 Å².